The van der Waals surface area contributed by atoms with Crippen LogP contribution in [-0.2, 0) is 23.9 Å². The van der Waals surface area contributed by atoms with E-state index < -0.39 is 24.1 Å². The average Bonchev–Trinajstić information content (AvgIpc) is 2.84. The molecule has 0 aromatic rings. The highest BCUT2D eigenvalue weighted by Gasteiger charge is 2.63. The predicted molar refractivity (Wildman–Crippen MR) is 76.3 cm³/mol. The van der Waals surface area contributed by atoms with Crippen LogP contribution in [0.1, 0.15) is 6.42 Å². The van der Waals surface area contributed by atoms with Gasteiger partial charge in [0.25, 0.3) is 0 Å². The third-order valence-corrected chi connectivity index (χ3v) is 4.77. The first-order valence-corrected chi connectivity index (χ1v) is 7.39. The van der Waals surface area contributed by atoms with E-state index in [1.165, 1.54) is 12.0 Å². The molecular formula is C14H17N3O7. The summed E-state index contributed by atoms with van der Waals surface area (Å²) >= 11 is 0. The molecule has 3 rings (SSSR count). The maximum atomic E-state index is 12.4. The van der Waals surface area contributed by atoms with E-state index in [0.717, 1.165) is 0 Å². The number of piperidine rings is 1. The smallest absolute Gasteiger partial charge is 0.404 e. The lowest BCUT2D eigenvalue weighted by atomic mass is 9.78. The molecule has 0 aromatic carbocycles. The molecule has 0 saturated carbocycles. The van der Waals surface area contributed by atoms with Crippen LogP contribution in [0, 0.1) is 5.92 Å². The van der Waals surface area contributed by atoms with E-state index >= 15 is 0 Å². The first-order valence-electron chi connectivity index (χ1n) is 7.39. The number of methoxy groups -OCH3 is 1. The average molecular weight is 339 g/mol. The summed E-state index contributed by atoms with van der Waals surface area (Å²) in [6, 6.07) is -0.934. The number of amides is 2. The summed E-state index contributed by atoms with van der Waals surface area (Å²) in [6.45, 7) is 0.151. The number of primary amides is 1. The monoisotopic (exact) mass is 339 g/mol. The molecule has 24 heavy (non-hydrogen) atoms. The maximum absolute atomic E-state index is 12.4. The molecule has 0 spiro atoms. The Balaban J connectivity index is 1.86. The zero-order valence-electron chi connectivity index (χ0n) is 12.9. The van der Waals surface area contributed by atoms with Gasteiger partial charge in [0.2, 0.25) is 5.91 Å². The number of carboxylic acids is 1. The molecule has 3 aliphatic rings. The van der Waals surface area contributed by atoms with Crippen LogP contribution in [0.4, 0.5) is 4.79 Å². The Hall–Kier alpha value is -2.62. The normalized spacial score (nSPS) is 28.3. The number of hydrogen-bond donors (Lipinski definition) is 2. The highest BCUT2D eigenvalue weighted by Crippen LogP contribution is 2.48. The van der Waals surface area contributed by atoms with Crippen molar-refractivity contribution >= 4 is 23.9 Å². The number of likely N-dealkylation sites (tertiary alicyclic amines) is 1. The van der Waals surface area contributed by atoms with Crippen molar-refractivity contribution in [3.05, 3.63) is 11.3 Å². The lowest BCUT2D eigenvalue weighted by Crippen LogP contribution is -2.73. The molecule has 0 aromatic heterocycles. The Labute approximate surface area is 136 Å². The molecule has 2 amide bonds. The molecule has 2 fully saturated rings. The van der Waals surface area contributed by atoms with Gasteiger partial charge in [-0.2, -0.15) is 0 Å². The Kier molecular flexibility index (Phi) is 3.91. The van der Waals surface area contributed by atoms with Gasteiger partial charge in [0.15, 0.2) is 0 Å². The summed E-state index contributed by atoms with van der Waals surface area (Å²) in [5.41, 5.74) is 5.20. The Morgan fingerprint density at radius 3 is 2.67 bits per heavy atom. The topological polar surface area (TPSA) is 139 Å². The Bertz CT molecular complexity index is 659. The van der Waals surface area contributed by atoms with E-state index in [1.807, 2.05) is 0 Å². The molecule has 130 valence electrons. The van der Waals surface area contributed by atoms with Crippen molar-refractivity contribution in [3.63, 3.8) is 0 Å². The van der Waals surface area contributed by atoms with Crippen LogP contribution in [0.3, 0.4) is 0 Å². The van der Waals surface area contributed by atoms with Crippen LogP contribution >= 0.6 is 0 Å². The fraction of sp³-hybridized carbons (Fsp3) is 0.571. The van der Waals surface area contributed by atoms with Gasteiger partial charge in [-0.1, -0.05) is 0 Å². The molecule has 3 N–H and O–H groups in total. The van der Waals surface area contributed by atoms with Gasteiger partial charge < -0.3 is 20.3 Å². The Morgan fingerprint density at radius 1 is 1.38 bits per heavy atom. The van der Waals surface area contributed by atoms with E-state index in [4.69, 9.17) is 10.5 Å². The number of nitrogens with zero attached hydrogens (tertiary/aromatic N) is 2. The van der Waals surface area contributed by atoms with Crippen LogP contribution in [0.5, 0.6) is 0 Å². The summed E-state index contributed by atoms with van der Waals surface area (Å²) in [5.74, 6) is -2.31. The lowest BCUT2D eigenvalue weighted by Gasteiger charge is -2.53. The van der Waals surface area contributed by atoms with Crippen molar-refractivity contribution in [2.75, 3.05) is 26.8 Å². The van der Waals surface area contributed by atoms with Crippen LogP contribution in [0.2, 0.25) is 0 Å². The van der Waals surface area contributed by atoms with Crippen molar-refractivity contribution in [1.29, 1.82) is 0 Å². The van der Waals surface area contributed by atoms with Crippen LogP contribution in [0.25, 0.3) is 0 Å². The largest absolute Gasteiger partial charge is 0.477 e. The Morgan fingerprint density at radius 2 is 2.08 bits per heavy atom. The van der Waals surface area contributed by atoms with Crippen molar-refractivity contribution in [1.82, 2.24) is 9.80 Å². The molecule has 0 aliphatic carbocycles. The molecule has 2 saturated heterocycles. The van der Waals surface area contributed by atoms with Gasteiger partial charge in [-0.15, -0.1) is 0 Å². The molecule has 0 radical (unpaired) electrons. The maximum Gasteiger partial charge on any atom is 0.404 e. The molecule has 10 heteroatoms. The summed E-state index contributed by atoms with van der Waals surface area (Å²) in [5, 5.41) is 9.45. The number of β-lactam (4-membered cyclic amide) rings is 1. The predicted octanol–water partition coefficient (Wildman–Crippen LogP) is -1.49. The number of carboxylic acid groups (broad SMARTS) is 1. The first kappa shape index (κ1) is 16.2. The first-order chi connectivity index (χ1) is 11.4. The second-order valence-electron chi connectivity index (χ2n) is 5.87. The summed E-state index contributed by atoms with van der Waals surface area (Å²) < 4.78 is 9.39. The van der Waals surface area contributed by atoms with Gasteiger partial charge in [0.05, 0.1) is 19.7 Å². The molecule has 3 heterocycles. The second kappa shape index (κ2) is 5.78. The van der Waals surface area contributed by atoms with E-state index in [-0.39, 0.29) is 36.7 Å². The number of esters is 1. The van der Waals surface area contributed by atoms with Gasteiger partial charge >= 0.3 is 18.0 Å². The number of carbonyl (C=O) groups is 4. The lowest BCUT2D eigenvalue weighted by molar-refractivity contribution is -0.166. The van der Waals surface area contributed by atoms with Crippen LogP contribution in [0.15, 0.2) is 11.3 Å². The standard InChI is InChI=1S/C14H17N3O7/c1-23-8(18)4-16-3-2-6-7(5-24-14(15)22)10(13(20)21)17-9(6)11(16)12(17)19/h6,9,11H,2-5H2,1H3,(H2,15,22)(H,20,21)/t6?,9-,11+/m1/s1. The highest BCUT2D eigenvalue weighted by atomic mass is 16.5. The molecule has 10 nitrogen and oxygen atoms in total. The van der Waals surface area contributed by atoms with Gasteiger partial charge in [0, 0.05) is 18.0 Å². The number of hydrogen-bond acceptors (Lipinski definition) is 7. The van der Waals surface area contributed by atoms with Gasteiger partial charge in [-0.3, -0.25) is 19.4 Å². The van der Waals surface area contributed by atoms with Gasteiger partial charge in [0.1, 0.15) is 18.3 Å². The fourth-order valence-electron chi connectivity index (χ4n) is 3.82. The van der Waals surface area contributed by atoms with Crippen molar-refractivity contribution in [3.8, 4) is 0 Å². The number of aliphatic carboxylic acids is 1. The number of nitrogens with two attached hydrogens (primary N) is 1. The zero-order chi connectivity index (χ0) is 17.6. The minimum Gasteiger partial charge on any atom is -0.477 e. The van der Waals surface area contributed by atoms with Crippen molar-refractivity contribution in [2.24, 2.45) is 11.7 Å². The third kappa shape index (κ3) is 2.30. The molecular weight excluding hydrogens is 322 g/mol. The quantitative estimate of drug-likeness (QED) is 0.456. The zero-order valence-corrected chi connectivity index (χ0v) is 12.9. The van der Waals surface area contributed by atoms with Crippen molar-refractivity contribution < 1.29 is 33.8 Å². The number of rotatable bonds is 5. The molecule has 3 atom stereocenters. The SMILES string of the molecule is COC(=O)CN1CCC2C(COC(N)=O)=C(C(=O)O)N3C(=O)[C@@H]1[C@@H]23. The van der Waals surface area contributed by atoms with E-state index in [9.17, 15) is 24.3 Å². The minimum atomic E-state index is -1.25. The molecule has 3 aliphatic heterocycles. The summed E-state index contributed by atoms with van der Waals surface area (Å²) in [6.07, 6.45) is -0.469. The number of ether oxygens (including phenoxy) is 2. The van der Waals surface area contributed by atoms with Crippen LogP contribution < -0.4 is 5.73 Å². The molecule has 0 bridgehead atoms. The minimum absolute atomic E-state index is 0.0283. The highest BCUT2D eigenvalue weighted by molar-refractivity contribution is 6.02. The van der Waals surface area contributed by atoms with Gasteiger partial charge in [-0.05, 0) is 6.42 Å². The van der Waals surface area contributed by atoms with E-state index in [2.05, 4.69) is 4.74 Å². The second-order valence-corrected chi connectivity index (χ2v) is 5.87. The summed E-state index contributed by atoms with van der Waals surface area (Å²) in [4.78, 5) is 49.3. The van der Waals surface area contributed by atoms with Gasteiger partial charge in [-0.25, -0.2) is 9.59 Å². The fourth-order valence-corrected chi connectivity index (χ4v) is 3.82. The van der Waals surface area contributed by atoms with E-state index in [0.29, 0.717) is 18.5 Å². The van der Waals surface area contributed by atoms with Crippen LogP contribution in [-0.4, -0.2) is 77.7 Å². The van der Waals surface area contributed by atoms with Crippen molar-refractivity contribution in [2.45, 2.75) is 18.5 Å². The summed E-state index contributed by atoms with van der Waals surface area (Å²) in [7, 11) is 1.27. The third-order valence-electron chi connectivity index (χ3n) is 4.77. The molecule has 1 unspecified atom stereocenters. The van der Waals surface area contributed by atoms with E-state index in [1.54, 1.807) is 4.90 Å². The number of carbonyl (C=O) groups excluding carboxylic acids is 3.